The number of benzene rings is 1. The van der Waals surface area contributed by atoms with Crippen molar-refractivity contribution >= 4 is 5.97 Å². The fraction of sp³-hybridized carbons (Fsp3) is 0.650. The van der Waals surface area contributed by atoms with Gasteiger partial charge in [0, 0.05) is 0 Å². The van der Waals surface area contributed by atoms with Crippen LogP contribution in [0.3, 0.4) is 0 Å². The van der Waals surface area contributed by atoms with Gasteiger partial charge in [-0.1, -0.05) is 66.0 Å². The lowest BCUT2D eigenvalue weighted by atomic mass is 10.0. The molecular weight excluding hydrogens is 272 g/mol. The van der Waals surface area contributed by atoms with Crippen molar-refractivity contribution in [1.29, 1.82) is 0 Å². The lowest BCUT2D eigenvalue weighted by molar-refractivity contribution is 0.0238. The fourth-order valence-corrected chi connectivity index (χ4v) is 1.94. The van der Waals surface area contributed by atoms with Gasteiger partial charge in [-0.15, -0.1) is 0 Å². The molecule has 126 valence electrons. The molecule has 22 heavy (non-hydrogen) atoms. The predicted octanol–water partition coefficient (Wildman–Crippen LogP) is 6.04. The van der Waals surface area contributed by atoms with Crippen LogP contribution < -0.4 is 0 Å². The lowest BCUT2D eigenvalue weighted by Gasteiger charge is -2.16. The molecule has 0 spiro atoms. The zero-order valence-corrected chi connectivity index (χ0v) is 15.3. The van der Waals surface area contributed by atoms with E-state index < -0.39 is 0 Å². The van der Waals surface area contributed by atoms with Crippen LogP contribution in [0.4, 0.5) is 0 Å². The van der Waals surface area contributed by atoms with E-state index in [-0.39, 0.29) is 12.1 Å². The minimum atomic E-state index is -0.219. The summed E-state index contributed by atoms with van der Waals surface area (Å²) in [6.07, 6.45) is 6.12. The number of carbonyl (C=O) groups is 1. The average molecular weight is 306 g/mol. The normalized spacial score (nSPS) is 11.6. The van der Waals surface area contributed by atoms with Crippen molar-refractivity contribution in [2.75, 3.05) is 0 Å². The van der Waals surface area contributed by atoms with Crippen LogP contribution in [0, 0.1) is 5.92 Å². The first kappa shape index (κ1) is 20.7. The van der Waals surface area contributed by atoms with Crippen LogP contribution in [0.2, 0.25) is 0 Å². The Kier molecular flexibility index (Phi) is 11.5. The molecule has 1 rings (SSSR count). The highest BCUT2D eigenvalue weighted by Gasteiger charge is 2.14. The number of hydrogen-bond acceptors (Lipinski definition) is 2. The molecule has 0 saturated heterocycles. The van der Waals surface area contributed by atoms with Crippen molar-refractivity contribution in [1.82, 2.24) is 0 Å². The minimum absolute atomic E-state index is 0.0452. The van der Waals surface area contributed by atoms with Gasteiger partial charge in [0.05, 0.1) is 5.56 Å². The third-order valence-electron chi connectivity index (χ3n) is 3.74. The van der Waals surface area contributed by atoms with Crippen molar-refractivity contribution < 1.29 is 9.53 Å². The van der Waals surface area contributed by atoms with Gasteiger partial charge in [-0.25, -0.2) is 4.79 Å². The van der Waals surface area contributed by atoms with Gasteiger partial charge < -0.3 is 4.74 Å². The summed E-state index contributed by atoms with van der Waals surface area (Å²) in [5.41, 5.74) is 1.95. The van der Waals surface area contributed by atoms with Gasteiger partial charge in [-0.05, 0) is 43.4 Å². The molecule has 0 bridgehead atoms. The second-order valence-electron chi connectivity index (χ2n) is 5.86. The van der Waals surface area contributed by atoms with E-state index in [1.807, 2.05) is 45.0 Å². The van der Waals surface area contributed by atoms with Gasteiger partial charge in [-0.2, -0.15) is 0 Å². The lowest BCUT2D eigenvalue weighted by Crippen LogP contribution is -2.20. The highest BCUT2D eigenvalue weighted by atomic mass is 16.5. The quantitative estimate of drug-likeness (QED) is 0.432. The molecule has 2 nitrogen and oxygen atoms in total. The molecule has 0 N–H and O–H groups in total. The smallest absolute Gasteiger partial charge is 0.338 e. The van der Waals surface area contributed by atoms with Gasteiger partial charge in [0.1, 0.15) is 6.10 Å². The molecule has 1 atom stereocenters. The van der Waals surface area contributed by atoms with Crippen molar-refractivity contribution in [2.24, 2.45) is 5.92 Å². The standard InChI is InChI=1S/C18H28O2.C2H6/c1-5-6-7-8-9-16-10-12-17(13-11-16)18(19)20-15(4)14(2)3;1-2/h10-15H,5-9H2,1-4H3;1-2H3. The third kappa shape index (κ3) is 8.21. The first-order valence-corrected chi connectivity index (χ1v) is 8.84. The second-order valence-corrected chi connectivity index (χ2v) is 5.86. The molecule has 0 fully saturated rings. The van der Waals surface area contributed by atoms with Crippen LogP contribution in [-0.4, -0.2) is 12.1 Å². The maximum absolute atomic E-state index is 11.9. The van der Waals surface area contributed by atoms with Crippen LogP contribution >= 0.6 is 0 Å². The van der Waals surface area contributed by atoms with Crippen molar-refractivity contribution in [3.05, 3.63) is 35.4 Å². The van der Waals surface area contributed by atoms with Gasteiger partial charge in [0.2, 0.25) is 0 Å². The number of carbonyl (C=O) groups excluding carboxylic acids is 1. The zero-order chi connectivity index (χ0) is 17.0. The molecule has 0 amide bonds. The van der Waals surface area contributed by atoms with Gasteiger partial charge in [0.15, 0.2) is 0 Å². The Labute approximate surface area is 137 Å². The summed E-state index contributed by atoms with van der Waals surface area (Å²) in [6.45, 7) is 12.3. The second kappa shape index (κ2) is 12.3. The maximum Gasteiger partial charge on any atom is 0.338 e. The SMILES string of the molecule is CC.CCCCCCc1ccc(C(=O)OC(C)C(C)C)cc1. The van der Waals surface area contributed by atoms with E-state index in [2.05, 4.69) is 20.8 Å². The largest absolute Gasteiger partial charge is 0.459 e. The highest BCUT2D eigenvalue weighted by Crippen LogP contribution is 2.13. The zero-order valence-electron chi connectivity index (χ0n) is 15.3. The van der Waals surface area contributed by atoms with Crippen LogP contribution in [-0.2, 0) is 11.2 Å². The minimum Gasteiger partial charge on any atom is -0.459 e. The summed E-state index contributed by atoms with van der Waals surface area (Å²) >= 11 is 0. The number of esters is 1. The number of aryl methyl sites for hydroxylation is 1. The van der Waals surface area contributed by atoms with Gasteiger partial charge >= 0.3 is 5.97 Å². The third-order valence-corrected chi connectivity index (χ3v) is 3.74. The monoisotopic (exact) mass is 306 g/mol. The van der Waals surface area contributed by atoms with Gasteiger partial charge in [-0.3, -0.25) is 0 Å². The van der Waals surface area contributed by atoms with Crippen LogP contribution in [0.1, 0.15) is 83.1 Å². The fourth-order valence-electron chi connectivity index (χ4n) is 1.94. The van der Waals surface area contributed by atoms with Crippen LogP contribution in [0.15, 0.2) is 24.3 Å². The predicted molar refractivity (Wildman–Crippen MR) is 95.4 cm³/mol. The Balaban J connectivity index is 0.00000211. The highest BCUT2D eigenvalue weighted by molar-refractivity contribution is 5.89. The Morgan fingerprint density at radius 1 is 1.00 bits per heavy atom. The summed E-state index contributed by atoms with van der Waals surface area (Å²) in [5, 5.41) is 0. The van der Waals surface area contributed by atoms with E-state index in [1.54, 1.807) is 0 Å². The molecule has 0 aromatic heterocycles. The van der Waals surface area contributed by atoms with E-state index in [1.165, 1.54) is 31.2 Å². The van der Waals surface area contributed by atoms with E-state index in [0.717, 1.165) is 6.42 Å². The number of unbranched alkanes of at least 4 members (excludes halogenated alkanes) is 3. The topological polar surface area (TPSA) is 26.3 Å². The molecule has 0 aliphatic heterocycles. The molecule has 0 radical (unpaired) electrons. The Morgan fingerprint density at radius 2 is 1.59 bits per heavy atom. The molecule has 0 aliphatic rings. The van der Waals surface area contributed by atoms with Gasteiger partial charge in [0.25, 0.3) is 0 Å². The molecule has 1 aromatic rings. The molecule has 1 aromatic carbocycles. The van der Waals surface area contributed by atoms with E-state index in [4.69, 9.17) is 4.74 Å². The Bertz CT molecular complexity index is 393. The van der Waals surface area contributed by atoms with Crippen LogP contribution in [0.5, 0.6) is 0 Å². The summed E-state index contributed by atoms with van der Waals surface area (Å²) in [5.74, 6) is 0.125. The van der Waals surface area contributed by atoms with E-state index in [9.17, 15) is 4.79 Å². The van der Waals surface area contributed by atoms with E-state index >= 15 is 0 Å². The summed E-state index contributed by atoms with van der Waals surface area (Å²) in [6, 6.07) is 7.85. The van der Waals surface area contributed by atoms with Crippen molar-refractivity contribution in [3.63, 3.8) is 0 Å². The number of hydrogen-bond donors (Lipinski definition) is 0. The molecule has 0 saturated carbocycles. The first-order valence-electron chi connectivity index (χ1n) is 8.84. The number of ether oxygens (including phenoxy) is 1. The first-order chi connectivity index (χ1) is 10.5. The summed E-state index contributed by atoms with van der Waals surface area (Å²) in [4.78, 5) is 11.9. The molecule has 0 heterocycles. The molecule has 1 unspecified atom stereocenters. The maximum atomic E-state index is 11.9. The Morgan fingerprint density at radius 3 is 2.09 bits per heavy atom. The van der Waals surface area contributed by atoms with E-state index in [0.29, 0.717) is 11.5 Å². The summed E-state index contributed by atoms with van der Waals surface area (Å²) < 4.78 is 5.41. The van der Waals surface area contributed by atoms with Crippen LogP contribution in [0.25, 0.3) is 0 Å². The molecule has 2 heteroatoms. The number of rotatable bonds is 8. The molecule has 0 aliphatic carbocycles. The van der Waals surface area contributed by atoms with Crippen molar-refractivity contribution in [3.8, 4) is 0 Å². The Hall–Kier alpha value is -1.31. The van der Waals surface area contributed by atoms with Crippen molar-refractivity contribution in [2.45, 2.75) is 79.8 Å². The molecular formula is C20H34O2. The summed E-state index contributed by atoms with van der Waals surface area (Å²) in [7, 11) is 0. The average Bonchev–Trinajstić information content (AvgIpc) is 2.54.